The zero-order valence-electron chi connectivity index (χ0n) is 12.3. The molecule has 2 amide bonds. The predicted octanol–water partition coefficient (Wildman–Crippen LogP) is 2.26. The molecule has 0 radical (unpaired) electrons. The van der Waals surface area contributed by atoms with Gasteiger partial charge in [-0.2, -0.15) is 11.8 Å². The van der Waals surface area contributed by atoms with Gasteiger partial charge in [-0.05, 0) is 19.3 Å². The standard InChI is InChI=1S/C14H24N2O3S/c1-14(2)5-7-15(8-9-20-14)13(19)16-6-3-4-11(16)10-12(17)18/h11H,3-10H2,1-2H3,(H,17,18). The topological polar surface area (TPSA) is 60.9 Å². The van der Waals surface area contributed by atoms with Gasteiger partial charge in [-0.3, -0.25) is 4.79 Å². The molecule has 2 aliphatic rings. The zero-order chi connectivity index (χ0) is 14.8. The van der Waals surface area contributed by atoms with Crippen LogP contribution < -0.4 is 0 Å². The second kappa shape index (κ2) is 6.24. The molecule has 5 nitrogen and oxygen atoms in total. The number of rotatable bonds is 2. The van der Waals surface area contributed by atoms with Crippen LogP contribution in [0.1, 0.15) is 39.5 Å². The molecule has 0 aromatic rings. The Kier molecular flexibility index (Phi) is 4.83. The first-order chi connectivity index (χ1) is 9.39. The minimum absolute atomic E-state index is 0.0343. The van der Waals surface area contributed by atoms with E-state index in [2.05, 4.69) is 13.8 Å². The highest BCUT2D eigenvalue weighted by Gasteiger charge is 2.34. The number of amides is 2. The normalized spacial score (nSPS) is 26.4. The van der Waals surface area contributed by atoms with Crippen LogP contribution in [0.4, 0.5) is 4.79 Å². The van der Waals surface area contributed by atoms with Crippen molar-refractivity contribution in [2.45, 2.75) is 50.3 Å². The van der Waals surface area contributed by atoms with Crippen LogP contribution in [0.5, 0.6) is 0 Å². The molecule has 2 fully saturated rings. The molecule has 0 aromatic heterocycles. The Balaban J connectivity index is 1.97. The van der Waals surface area contributed by atoms with Crippen molar-refractivity contribution in [3.8, 4) is 0 Å². The second-order valence-electron chi connectivity index (χ2n) is 6.22. The molecule has 0 saturated carbocycles. The first-order valence-electron chi connectivity index (χ1n) is 7.30. The Morgan fingerprint density at radius 2 is 2.05 bits per heavy atom. The molecule has 6 heteroatoms. The predicted molar refractivity (Wildman–Crippen MR) is 80.1 cm³/mol. The van der Waals surface area contributed by atoms with Gasteiger partial charge in [0.2, 0.25) is 0 Å². The second-order valence-corrected chi connectivity index (χ2v) is 8.02. The van der Waals surface area contributed by atoms with E-state index in [1.54, 1.807) is 4.90 Å². The maximum absolute atomic E-state index is 12.6. The number of carboxylic acids is 1. The first-order valence-corrected chi connectivity index (χ1v) is 8.29. The van der Waals surface area contributed by atoms with Crippen molar-refractivity contribution in [3.63, 3.8) is 0 Å². The minimum Gasteiger partial charge on any atom is -0.481 e. The van der Waals surface area contributed by atoms with Gasteiger partial charge in [-0.25, -0.2) is 4.79 Å². The summed E-state index contributed by atoms with van der Waals surface area (Å²) in [5.41, 5.74) is 0. The van der Waals surface area contributed by atoms with Gasteiger partial charge in [0.15, 0.2) is 0 Å². The quantitative estimate of drug-likeness (QED) is 0.850. The summed E-state index contributed by atoms with van der Waals surface area (Å²) in [4.78, 5) is 27.2. The monoisotopic (exact) mass is 300 g/mol. The summed E-state index contributed by atoms with van der Waals surface area (Å²) in [6, 6.07) is -0.0871. The number of likely N-dealkylation sites (tertiary alicyclic amines) is 1. The highest BCUT2D eigenvalue weighted by molar-refractivity contribution is 8.00. The molecule has 2 saturated heterocycles. The van der Waals surface area contributed by atoms with Gasteiger partial charge in [-0.15, -0.1) is 0 Å². The third kappa shape index (κ3) is 3.81. The number of nitrogens with zero attached hydrogens (tertiary/aromatic N) is 2. The fourth-order valence-electron chi connectivity index (χ4n) is 2.89. The van der Waals surface area contributed by atoms with E-state index in [4.69, 9.17) is 5.11 Å². The van der Waals surface area contributed by atoms with Crippen LogP contribution in [-0.4, -0.2) is 63.1 Å². The molecule has 1 unspecified atom stereocenters. The van der Waals surface area contributed by atoms with E-state index in [1.807, 2.05) is 16.7 Å². The number of aliphatic carboxylic acids is 1. The molecular weight excluding hydrogens is 276 g/mol. The van der Waals surface area contributed by atoms with E-state index in [-0.39, 0.29) is 23.2 Å². The molecule has 0 aromatic carbocycles. The lowest BCUT2D eigenvalue weighted by Crippen LogP contribution is -2.47. The van der Waals surface area contributed by atoms with Crippen LogP contribution in [0.2, 0.25) is 0 Å². The maximum atomic E-state index is 12.6. The van der Waals surface area contributed by atoms with E-state index in [0.717, 1.165) is 38.1 Å². The Hall–Kier alpha value is -0.910. The lowest BCUT2D eigenvalue weighted by molar-refractivity contribution is -0.138. The highest BCUT2D eigenvalue weighted by Crippen LogP contribution is 2.31. The third-order valence-electron chi connectivity index (χ3n) is 4.14. The van der Waals surface area contributed by atoms with Gasteiger partial charge in [0.05, 0.1) is 6.42 Å². The molecule has 2 heterocycles. The molecule has 2 aliphatic heterocycles. The van der Waals surface area contributed by atoms with Crippen LogP contribution in [0.25, 0.3) is 0 Å². The van der Waals surface area contributed by atoms with E-state index in [1.165, 1.54) is 0 Å². The molecular formula is C14H24N2O3S. The number of thioether (sulfide) groups is 1. The lowest BCUT2D eigenvalue weighted by atomic mass is 10.1. The molecule has 0 bridgehead atoms. The number of carboxylic acid groups (broad SMARTS) is 1. The van der Waals surface area contributed by atoms with E-state index >= 15 is 0 Å². The molecule has 0 aliphatic carbocycles. The van der Waals surface area contributed by atoms with Gasteiger partial charge >= 0.3 is 12.0 Å². The summed E-state index contributed by atoms with van der Waals surface area (Å²) >= 11 is 1.91. The molecule has 1 atom stereocenters. The number of carbonyl (C=O) groups is 2. The fraction of sp³-hybridized carbons (Fsp3) is 0.857. The third-order valence-corrected chi connectivity index (χ3v) is 5.51. The van der Waals surface area contributed by atoms with Gasteiger partial charge in [0.1, 0.15) is 0 Å². The Morgan fingerprint density at radius 1 is 1.30 bits per heavy atom. The van der Waals surface area contributed by atoms with Crippen LogP contribution in [0.15, 0.2) is 0 Å². The lowest BCUT2D eigenvalue weighted by Gasteiger charge is -2.31. The summed E-state index contributed by atoms with van der Waals surface area (Å²) in [7, 11) is 0. The van der Waals surface area contributed by atoms with E-state index in [0.29, 0.717) is 6.54 Å². The number of hydrogen-bond donors (Lipinski definition) is 1. The van der Waals surface area contributed by atoms with Crippen molar-refractivity contribution in [2.24, 2.45) is 0 Å². The van der Waals surface area contributed by atoms with Crippen LogP contribution >= 0.6 is 11.8 Å². The average Bonchev–Trinajstić information content (AvgIpc) is 2.71. The molecule has 20 heavy (non-hydrogen) atoms. The maximum Gasteiger partial charge on any atom is 0.320 e. The summed E-state index contributed by atoms with van der Waals surface area (Å²) < 4.78 is 0.223. The summed E-state index contributed by atoms with van der Waals surface area (Å²) in [5, 5.41) is 8.94. The Morgan fingerprint density at radius 3 is 2.75 bits per heavy atom. The van der Waals surface area contributed by atoms with Crippen molar-refractivity contribution in [3.05, 3.63) is 0 Å². The summed E-state index contributed by atoms with van der Waals surface area (Å²) in [5.74, 6) is 0.137. The molecule has 0 spiro atoms. The SMILES string of the molecule is CC1(C)CCN(C(=O)N2CCCC2CC(=O)O)CCS1. The Bertz CT molecular complexity index is 387. The van der Waals surface area contributed by atoms with Gasteiger partial charge in [-0.1, -0.05) is 13.8 Å². The van der Waals surface area contributed by atoms with Gasteiger partial charge in [0, 0.05) is 36.2 Å². The average molecular weight is 300 g/mol. The van der Waals surface area contributed by atoms with Crippen molar-refractivity contribution in [1.82, 2.24) is 9.80 Å². The minimum atomic E-state index is -0.817. The van der Waals surface area contributed by atoms with E-state index in [9.17, 15) is 9.59 Å². The number of hydrogen-bond acceptors (Lipinski definition) is 3. The summed E-state index contributed by atoms with van der Waals surface area (Å²) in [6.07, 6.45) is 2.78. The first kappa shape index (κ1) is 15.5. The largest absolute Gasteiger partial charge is 0.481 e. The highest BCUT2D eigenvalue weighted by atomic mass is 32.2. The fourth-order valence-corrected chi connectivity index (χ4v) is 3.99. The van der Waals surface area contributed by atoms with Gasteiger partial charge < -0.3 is 14.9 Å². The van der Waals surface area contributed by atoms with Gasteiger partial charge in [0.25, 0.3) is 0 Å². The molecule has 2 rings (SSSR count). The van der Waals surface area contributed by atoms with E-state index < -0.39 is 5.97 Å². The Labute approximate surface area is 124 Å². The number of carbonyl (C=O) groups excluding carboxylic acids is 1. The zero-order valence-corrected chi connectivity index (χ0v) is 13.1. The van der Waals surface area contributed by atoms with Crippen molar-refractivity contribution in [1.29, 1.82) is 0 Å². The smallest absolute Gasteiger partial charge is 0.320 e. The number of urea groups is 1. The van der Waals surface area contributed by atoms with Crippen molar-refractivity contribution in [2.75, 3.05) is 25.4 Å². The van der Waals surface area contributed by atoms with Crippen LogP contribution in [0, 0.1) is 0 Å². The van der Waals surface area contributed by atoms with Crippen LogP contribution in [-0.2, 0) is 4.79 Å². The van der Waals surface area contributed by atoms with Crippen molar-refractivity contribution < 1.29 is 14.7 Å². The molecule has 1 N–H and O–H groups in total. The summed E-state index contributed by atoms with van der Waals surface area (Å²) in [6.45, 7) is 6.67. The van der Waals surface area contributed by atoms with Crippen LogP contribution in [0.3, 0.4) is 0 Å². The van der Waals surface area contributed by atoms with Crippen molar-refractivity contribution >= 4 is 23.8 Å². The molecule has 114 valence electrons.